The minimum Gasteiger partial charge on any atom is -0.493 e. The first kappa shape index (κ1) is 11.9. The maximum Gasteiger partial charge on any atom is 0.175 e. The van der Waals surface area contributed by atoms with E-state index < -0.39 is 0 Å². The number of nitriles is 1. The van der Waals surface area contributed by atoms with Crippen molar-refractivity contribution in [3.05, 3.63) is 21.7 Å². The van der Waals surface area contributed by atoms with Crippen molar-refractivity contribution in [2.45, 2.75) is 13.3 Å². The lowest BCUT2D eigenvalue weighted by Gasteiger charge is -2.13. The summed E-state index contributed by atoms with van der Waals surface area (Å²) in [4.78, 5) is 0. The highest BCUT2D eigenvalue weighted by molar-refractivity contribution is 9.10. The average Bonchev–Trinajstić information content (AvgIpc) is 2.27. The lowest BCUT2D eigenvalue weighted by atomic mass is 10.1. The normalized spacial score (nSPS) is 9.53. The Balaban J connectivity index is 3.50. The number of benzene rings is 1. The maximum atomic E-state index is 8.99. The first-order valence-corrected chi connectivity index (χ1v) is 5.32. The van der Waals surface area contributed by atoms with Gasteiger partial charge < -0.3 is 9.47 Å². The molecule has 0 fully saturated rings. The number of ether oxygens (including phenoxy) is 2. The summed E-state index contributed by atoms with van der Waals surface area (Å²) in [6, 6.07) is 3.84. The molecule has 1 rings (SSSR count). The van der Waals surface area contributed by atoms with E-state index >= 15 is 0 Å². The highest BCUT2D eigenvalue weighted by Crippen LogP contribution is 2.39. The standard InChI is InChI=1S/C11H12BrNO2/c1-4-8-7(6-13)5-9(14-2)11(15-3)10(8)12/h5H,4H2,1-3H3. The van der Waals surface area contributed by atoms with Gasteiger partial charge in [0.15, 0.2) is 11.5 Å². The zero-order valence-electron chi connectivity index (χ0n) is 8.93. The van der Waals surface area contributed by atoms with Crippen LogP contribution in [0.4, 0.5) is 0 Å². The van der Waals surface area contributed by atoms with E-state index in [1.54, 1.807) is 20.3 Å². The summed E-state index contributed by atoms with van der Waals surface area (Å²) in [7, 11) is 3.13. The second-order valence-corrected chi connectivity index (χ2v) is 3.71. The topological polar surface area (TPSA) is 42.2 Å². The van der Waals surface area contributed by atoms with E-state index in [1.807, 2.05) is 6.92 Å². The summed E-state index contributed by atoms with van der Waals surface area (Å²) < 4.78 is 11.2. The van der Waals surface area contributed by atoms with E-state index in [0.29, 0.717) is 17.1 Å². The van der Waals surface area contributed by atoms with Crippen LogP contribution in [-0.4, -0.2) is 14.2 Å². The van der Waals surface area contributed by atoms with Crippen LogP contribution in [0.2, 0.25) is 0 Å². The first-order valence-electron chi connectivity index (χ1n) is 4.53. The SMILES string of the molecule is CCc1c(C#N)cc(OC)c(OC)c1Br. The minimum atomic E-state index is 0.568. The number of hydrogen-bond donors (Lipinski definition) is 0. The molecule has 1 aromatic rings. The van der Waals surface area contributed by atoms with Crippen molar-refractivity contribution in [1.82, 2.24) is 0 Å². The summed E-state index contributed by atoms with van der Waals surface area (Å²) in [5.41, 5.74) is 1.55. The first-order chi connectivity index (χ1) is 7.19. The summed E-state index contributed by atoms with van der Waals surface area (Å²) >= 11 is 3.43. The van der Waals surface area contributed by atoms with Gasteiger partial charge in [-0.2, -0.15) is 5.26 Å². The van der Waals surface area contributed by atoms with Crippen LogP contribution in [0.15, 0.2) is 10.5 Å². The molecule has 0 heterocycles. The summed E-state index contributed by atoms with van der Waals surface area (Å²) in [6.07, 6.45) is 0.768. The Hall–Kier alpha value is -1.21. The van der Waals surface area contributed by atoms with Crippen molar-refractivity contribution in [3.8, 4) is 17.6 Å². The van der Waals surface area contributed by atoms with E-state index in [4.69, 9.17) is 14.7 Å². The van der Waals surface area contributed by atoms with Crippen LogP contribution in [0.25, 0.3) is 0 Å². The molecule has 1 aromatic carbocycles. The van der Waals surface area contributed by atoms with Gasteiger partial charge >= 0.3 is 0 Å². The summed E-state index contributed by atoms with van der Waals surface area (Å²) in [5, 5.41) is 8.99. The third-order valence-corrected chi connectivity index (χ3v) is 3.03. The quantitative estimate of drug-likeness (QED) is 0.848. The van der Waals surface area contributed by atoms with Gasteiger partial charge in [-0.25, -0.2) is 0 Å². The molecule has 0 saturated heterocycles. The number of methoxy groups -OCH3 is 2. The van der Waals surface area contributed by atoms with Crippen LogP contribution in [-0.2, 0) is 6.42 Å². The second-order valence-electron chi connectivity index (χ2n) is 2.92. The van der Waals surface area contributed by atoms with Gasteiger partial charge in [-0.1, -0.05) is 6.92 Å². The van der Waals surface area contributed by atoms with E-state index in [-0.39, 0.29) is 0 Å². The largest absolute Gasteiger partial charge is 0.493 e. The van der Waals surface area contributed by atoms with Crippen molar-refractivity contribution >= 4 is 15.9 Å². The number of hydrogen-bond acceptors (Lipinski definition) is 3. The molecule has 15 heavy (non-hydrogen) atoms. The molecule has 0 spiro atoms. The Bertz CT molecular complexity index is 410. The van der Waals surface area contributed by atoms with Crippen molar-refractivity contribution in [3.63, 3.8) is 0 Å². The summed E-state index contributed by atoms with van der Waals surface area (Å²) in [6.45, 7) is 1.99. The molecule has 0 aliphatic carbocycles. The van der Waals surface area contributed by atoms with Crippen molar-refractivity contribution < 1.29 is 9.47 Å². The van der Waals surface area contributed by atoms with Gasteiger partial charge in [0.1, 0.15) is 0 Å². The molecular formula is C11H12BrNO2. The molecule has 0 amide bonds. The van der Waals surface area contributed by atoms with E-state index in [9.17, 15) is 0 Å². The molecule has 0 N–H and O–H groups in total. The van der Waals surface area contributed by atoms with Crippen molar-refractivity contribution in [1.29, 1.82) is 5.26 Å². The maximum absolute atomic E-state index is 8.99. The van der Waals surface area contributed by atoms with Crippen LogP contribution in [0, 0.1) is 11.3 Å². The molecule has 0 bridgehead atoms. The molecular weight excluding hydrogens is 258 g/mol. The Kier molecular flexibility index (Phi) is 3.98. The molecule has 0 atom stereocenters. The number of halogens is 1. The molecule has 4 heteroatoms. The van der Waals surface area contributed by atoms with E-state index in [2.05, 4.69) is 22.0 Å². The third kappa shape index (κ3) is 2.07. The fourth-order valence-electron chi connectivity index (χ4n) is 1.43. The van der Waals surface area contributed by atoms with Gasteiger partial charge in [-0.05, 0) is 27.9 Å². The van der Waals surface area contributed by atoms with Gasteiger partial charge in [-0.15, -0.1) is 0 Å². The number of nitrogens with zero attached hydrogens (tertiary/aromatic N) is 1. The predicted octanol–water partition coefficient (Wildman–Crippen LogP) is 2.90. The smallest absolute Gasteiger partial charge is 0.175 e. The average molecular weight is 270 g/mol. The Morgan fingerprint density at radius 1 is 1.40 bits per heavy atom. The number of rotatable bonds is 3. The lowest BCUT2D eigenvalue weighted by molar-refractivity contribution is 0.352. The molecule has 80 valence electrons. The van der Waals surface area contributed by atoms with Gasteiger partial charge in [0.2, 0.25) is 0 Å². The van der Waals surface area contributed by atoms with Crippen molar-refractivity contribution in [2.75, 3.05) is 14.2 Å². The molecule has 0 aliphatic rings. The molecule has 0 aromatic heterocycles. The zero-order chi connectivity index (χ0) is 11.4. The van der Waals surface area contributed by atoms with Crippen LogP contribution in [0.5, 0.6) is 11.5 Å². The molecule has 3 nitrogen and oxygen atoms in total. The summed E-state index contributed by atoms with van der Waals surface area (Å²) in [5.74, 6) is 1.20. The Morgan fingerprint density at radius 3 is 2.47 bits per heavy atom. The van der Waals surface area contributed by atoms with Gasteiger partial charge in [0.25, 0.3) is 0 Å². The van der Waals surface area contributed by atoms with Crippen LogP contribution >= 0.6 is 15.9 Å². The highest BCUT2D eigenvalue weighted by Gasteiger charge is 2.16. The molecule has 0 radical (unpaired) electrons. The van der Waals surface area contributed by atoms with E-state index in [1.165, 1.54) is 0 Å². The third-order valence-electron chi connectivity index (χ3n) is 2.19. The lowest BCUT2D eigenvalue weighted by Crippen LogP contribution is -1.97. The molecule has 0 aliphatic heterocycles. The monoisotopic (exact) mass is 269 g/mol. The highest BCUT2D eigenvalue weighted by atomic mass is 79.9. The fraction of sp³-hybridized carbons (Fsp3) is 0.364. The molecule has 0 unspecified atom stereocenters. The van der Waals surface area contributed by atoms with Gasteiger partial charge in [0.05, 0.1) is 30.3 Å². The van der Waals surface area contributed by atoms with Crippen LogP contribution < -0.4 is 9.47 Å². The van der Waals surface area contributed by atoms with Gasteiger partial charge in [-0.3, -0.25) is 0 Å². The fourth-order valence-corrected chi connectivity index (χ4v) is 2.29. The zero-order valence-corrected chi connectivity index (χ0v) is 10.5. The molecule has 0 saturated carbocycles. The van der Waals surface area contributed by atoms with Crippen molar-refractivity contribution in [2.24, 2.45) is 0 Å². The Morgan fingerprint density at radius 2 is 2.07 bits per heavy atom. The van der Waals surface area contributed by atoms with Crippen LogP contribution in [0.3, 0.4) is 0 Å². The predicted molar refractivity (Wildman–Crippen MR) is 61.3 cm³/mol. The van der Waals surface area contributed by atoms with Gasteiger partial charge in [0, 0.05) is 6.07 Å². The minimum absolute atomic E-state index is 0.568. The van der Waals surface area contributed by atoms with E-state index in [0.717, 1.165) is 16.5 Å². The second kappa shape index (κ2) is 5.04. The Labute approximate surface area is 97.7 Å². The van der Waals surface area contributed by atoms with Crippen LogP contribution in [0.1, 0.15) is 18.1 Å².